The van der Waals surface area contributed by atoms with Crippen molar-refractivity contribution in [1.82, 2.24) is 0 Å². The van der Waals surface area contributed by atoms with E-state index in [1.165, 1.54) is 99.8 Å². The van der Waals surface area contributed by atoms with E-state index in [-0.39, 0.29) is 0 Å². The second-order valence-electron chi connectivity index (χ2n) is 19.8. The molecule has 0 amide bonds. The molecule has 16 rings (SSSR count). The quantitative estimate of drug-likeness (QED) is 0.174. The van der Waals surface area contributed by atoms with Gasteiger partial charge in [-0.2, -0.15) is 0 Å². The molecule has 0 radical (unpaired) electrons. The van der Waals surface area contributed by atoms with Crippen molar-refractivity contribution >= 4 is 38.6 Å². The molecule has 0 aromatic heterocycles. The van der Waals surface area contributed by atoms with Crippen LogP contribution in [0.4, 0.5) is 17.1 Å². The highest BCUT2D eigenvalue weighted by Gasteiger charge is 2.53. The molecule has 1 aliphatic heterocycles. The van der Waals surface area contributed by atoms with Gasteiger partial charge in [-0.25, -0.2) is 0 Å². The van der Waals surface area contributed by atoms with Crippen molar-refractivity contribution in [2.75, 3.05) is 4.90 Å². The molecule has 334 valence electrons. The standard InChI is InChI=1S/C70H43NO/c1-2-18-48(19-3-1)71(50-37-38-57-55-24-10-14-28-61(55)69(66(57)43-50)59-26-12-8-22-53(59)54-23-9-13-27-60(54)69)49-35-30-44(31-36-49)47-34-39-63-58(42-47)56-25-11-15-29-62(56)70(63)64-40-32-45-16-4-6-20-51(45)67(64)72-68-52-21-7-5-17-46(52)33-41-65(68)70/h1-43H. The molecule has 3 aliphatic carbocycles. The molecule has 12 aromatic rings. The summed E-state index contributed by atoms with van der Waals surface area (Å²) in [4.78, 5) is 2.42. The molecule has 2 spiro atoms. The number of rotatable bonds is 4. The van der Waals surface area contributed by atoms with Crippen LogP contribution >= 0.6 is 0 Å². The largest absolute Gasteiger partial charge is 0.455 e. The zero-order valence-electron chi connectivity index (χ0n) is 39.2. The Kier molecular flexibility index (Phi) is 8.05. The van der Waals surface area contributed by atoms with Gasteiger partial charge < -0.3 is 9.64 Å². The van der Waals surface area contributed by atoms with E-state index < -0.39 is 10.8 Å². The monoisotopic (exact) mass is 913 g/mol. The first kappa shape index (κ1) is 39.6. The molecule has 0 saturated carbocycles. The lowest BCUT2D eigenvalue weighted by atomic mass is 9.65. The van der Waals surface area contributed by atoms with Crippen LogP contribution in [0.5, 0.6) is 11.5 Å². The lowest BCUT2D eigenvalue weighted by Crippen LogP contribution is -2.32. The molecular formula is C70H43NO. The van der Waals surface area contributed by atoms with E-state index in [2.05, 4.69) is 266 Å². The Morgan fingerprint density at radius 2 is 0.653 bits per heavy atom. The summed E-state index contributed by atoms with van der Waals surface area (Å²) in [5, 5.41) is 4.59. The summed E-state index contributed by atoms with van der Waals surface area (Å²) in [6.07, 6.45) is 0. The Labute approximate surface area is 418 Å². The van der Waals surface area contributed by atoms with Crippen molar-refractivity contribution < 1.29 is 4.74 Å². The Balaban J connectivity index is 0.848. The minimum absolute atomic E-state index is 0.428. The van der Waals surface area contributed by atoms with E-state index >= 15 is 0 Å². The Morgan fingerprint density at radius 1 is 0.250 bits per heavy atom. The lowest BCUT2D eigenvalue weighted by Gasteiger charge is -2.40. The molecule has 12 aromatic carbocycles. The van der Waals surface area contributed by atoms with E-state index in [1.807, 2.05) is 0 Å². The number of benzene rings is 12. The van der Waals surface area contributed by atoms with Crippen LogP contribution in [0, 0.1) is 0 Å². The van der Waals surface area contributed by atoms with Crippen LogP contribution in [0.15, 0.2) is 261 Å². The molecule has 0 fully saturated rings. The van der Waals surface area contributed by atoms with Gasteiger partial charge >= 0.3 is 0 Å². The number of hydrogen-bond donors (Lipinski definition) is 0. The van der Waals surface area contributed by atoms with Gasteiger partial charge in [0, 0.05) is 39.0 Å². The predicted octanol–water partition coefficient (Wildman–Crippen LogP) is 17.9. The molecule has 0 atom stereocenters. The Hall–Kier alpha value is -9.24. The van der Waals surface area contributed by atoms with Crippen molar-refractivity contribution in [1.29, 1.82) is 0 Å². The molecular weight excluding hydrogens is 871 g/mol. The molecule has 72 heavy (non-hydrogen) atoms. The highest BCUT2D eigenvalue weighted by atomic mass is 16.5. The molecule has 0 bridgehead atoms. The van der Waals surface area contributed by atoms with Crippen LogP contribution in [0.1, 0.15) is 44.5 Å². The van der Waals surface area contributed by atoms with Crippen molar-refractivity contribution in [3.8, 4) is 56.0 Å². The summed E-state index contributed by atoms with van der Waals surface area (Å²) in [6.45, 7) is 0. The third kappa shape index (κ3) is 5.08. The topological polar surface area (TPSA) is 12.5 Å². The van der Waals surface area contributed by atoms with E-state index in [9.17, 15) is 0 Å². The second-order valence-corrected chi connectivity index (χ2v) is 19.8. The highest BCUT2D eigenvalue weighted by Crippen LogP contribution is 2.65. The van der Waals surface area contributed by atoms with Crippen LogP contribution in [0.2, 0.25) is 0 Å². The number of nitrogens with zero attached hydrogens (tertiary/aromatic N) is 1. The summed E-state index contributed by atoms with van der Waals surface area (Å²) in [5.74, 6) is 1.87. The minimum atomic E-state index is -0.583. The van der Waals surface area contributed by atoms with E-state index in [0.717, 1.165) is 39.3 Å². The summed E-state index contributed by atoms with van der Waals surface area (Å²) in [7, 11) is 0. The number of hydrogen-bond acceptors (Lipinski definition) is 2. The number of para-hydroxylation sites is 1. The van der Waals surface area contributed by atoms with Gasteiger partial charge in [0.05, 0.1) is 10.8 Å². The van der Waals surface area contributed by atoms with Crippen LogP contribution in [0.3, 0.4) is 0 Å². The van der Waals surface area contributed by atoms with Crippen molar-refractivity contribution in [2.45, 2.75) is 10.8 Å². The normalized spacial score (nSPS) is 14.2. The number of ether oxygens (including phenoxy) is 1. The predicted molar refractivity (Wildman–Crippen MR) is 295 cm³/mol. The summed E-state index contributed by atoms with van der Waals surface area (Å²) >= 11 is 0. The van der Waals surface area contributed by atoms with Gasteiger partial charge in [-0.15, -0.1) is 0 Å². The first-order valence-corrected chi connectivity index (χ1v) is 25.1. The molecule has 2 nitrogen and oxygen atoms in total. The average Bonchev–Trinajstić information content (AvgIpc) is 4.04. The molecule has 0 saturated heterocycles. The van der Waals surface area contributed by atoms with Crippen molar-refractivity contribution in [2.24, 2.45) is 0 Å². The van der Waals surface area contributed by atoms with Gasteiger partial charge in [-0.1, -0.05) is 218 Å². The van der Waals surface area contributed by atoms with E-state index in [0.29, 0.717) is 0 Å². The fourth-order valence-corrected chi connectivity index (χ4v) is 13.6. The van der Waals surface area contributed by atoms with Gasteiger partial charge in [0.15, 0.2) is 0 Å². The van der Waals surface area contributed by atoms with Crippen LogP contribution in [-0.2, 0) is 10.8 Å². The van der Waals surface area contributed by atoms with Gasteiger partial charge in [0.25, 0.3) is 0 Å². The molecule has 0 N–H and O–H groups in total. The molecule has 0 unspecified atom stereocenters. The van der Waals surface area contributed by atoms with Crippen LogP contribution in [-0.4, -0.2) is 0 Å². The molecule has 1 heterocycles. The maximum absolute atomic E-state index is 7.19. The number of anilines is 3. The first-order chi connectivity index (χ1) is 35.7. The first-order valence-electron chi connectivity index (χ1n) is 25.1. The summed E-state index contributed by atoms with van der Waals surface area (Å²) in [6, 6.07) is 96.9. The number of fused-ring (bicyclic) bond motifs is 23. The lowest BCUT2D eigenvalue weighted by molar-refractivity contribution is 0.447. The fraction of sp³-hybridized carbons (Fsp3) is 0.0286. The van der Waals surface area contributed by atoms with Gasteiger partial charge in [0.2, 0.25) is 0 Å². The fourth-order valence-electron chi connectivity index (χ4n) is 13.6. The Morgan fingerprint density at radius 3 is 1.22 bits per heavy atom. The summed E-state index contributed by atoms with van der Waals surface area (Å²) in [5.41, 5.74) is 22.7. The van der Waals surface area contributed by atoms with Crippen molar-refractivity contribution in [3.05, 3.63) is 305 Å². The summed E-state index contributed by atoms with van der Waals surface area (Å²) < 4.78 is 7.19. The zero-order chi connectivity index (χ0) is 47.1. The molecule has 4 aliphatic rings. The smallest absolute Gasteiger partial charge is 0.140 e. The second kappa shape index (κ2) is 14.6. The van der Waals surface area contributed by atoms with Gasteiger partial charge in [0.1, 0.15) is 11.5 Å². The van der Waals surface area contributed by atoms with Crippen LogP contribution in [0.25, 0.3) is 66.1 Å². The third-order valence-electron chi connectivity index (χ3n) is 16.5. The van der Waals surface area contributed by atoms with E-state index in [4.69, 9.17) is 4.74 Å². The van der Waals surface area contributed by atoms with Crippen LogP contribution < -0.4 is 9.64 Å². The Bertz CT molecular complexity index is 4110. The van der Waals surface area contributed by atoms with E-state index in [1.54, 1.807) is 0 Å². The van der Waals surface area contributed by atoms with Gasteiger partial charge in [-0.3, -0.25) is 0 Å². The third-order valence-corrected chi connectivity index (χ3v) is 16.5. The highest BCUT2D eigenvalue weighted by molar-refractivity contribution is 6.01. The molecule has 2 heteroatoms. The minimum Gasteiger partial charge on any atom is -0.455 e. The maximum atomic E-state index is 7.19. The SMILES string of the molecule is c1ccc(N(c2ccc(-c3ccc4c(c3)-c3ccccc3C43c4ccc5ccccc5c4Oc4c3ccc3ccccc43)cc2)c2ccc3c(c2)C2(c4ccccc4-c4ccccc42)c2ccccc2-3)cc1. The zero-order valence-corrected chi connectivity index (χ0v) is 39.2. The van der Waals surface area contributed by atoms with Gasteiger partial charge in [-0.05, 0) is 131 Å². The average molecular weight is 914 g/mol. The maximum Gasteiger partial charge on any atom is 0.140 e. The van der Waals surface area contributed by atoms with Crippen molar-refractivity contribution in [3.63, 3.8) is 0 Å².